The maximum Gasteiger partial charge on any atom is 0.244 e. The molecule has 0 bridgehead atoms. The van der Waals surface area contributed by atoms with E-state index in [1.807, 2.05) is 12.1 Å². The van der Waals surface area contributed by atoms with Crippen molar-refractivity contribution in [2.45, 2.75) is 19.5 Å². The summed E-state index contributed by atoms with van der Waals surface area (Å²) >= 11 is 0. The van der Waals surface area contributed by atoms with Crippen LogP contribution >= 0.6 is 0 Å². The molecule has 2 amide bonds. The molecule has 4 rings (SSSR count). The lowest BCUT2D eigenvalue weighted by atomic mass is 10.1. The summed E-state index contributed by atoms with van der Waals surface area (Å²) in [5.74, 6) is -0.800. The molecule has 1 atom stereocenters. The summed E-state index contributed by atoms with van der Waals surface area (Å²) < 4.78 is 24.9. The van der Waals surface area contributed by atoms with Crippen molar-refractivity contribution >= 4 is 43.5 Å². The molecule has 1 aliphatic rings. The van der Waals surface area contributed by atoms with E-state index >= 15 is 0 Å². The van der Waals surface area contributed by atoms with Crippen LogP contribution in [-0.2, 0) is 26.0 Å². The second kappa shape index (κ2) is 8.14. The molecule has 1 fully saturated rings. The average molecular weight is 442 g/mol. The smallest absolute Gasteiger partial charge is 0.244 e. The third kappa shape index (κ3) is 4.18. The van der Waals surface area contributed by atoms with Gasteiger partial charge in [0.2, 0.25) is 11.8 Å². The van der Waals surface area contributed by atoms with Crippen molar-refractivity contribution in [2.75, 3.05) is 24.6 Å². The maximum absolute atomic E-state index is 12.8. The highest BCUT2D eigenvalue weighted by Crippen LogP contribution is 2.19. The fourth-order valence-corrected chi connectivity index (χ4v) is 5.15. The predicted octanol–water partition coefficient (Wildman–Crippen LogP) is 0.916. The minimum absolute atomic E-state index is 0.0607. The summed E-state index contributed by atoms with van der Waals surface area (Å²) in [6.07, 6.45) is 0. The van der Waals surface area contributed by atoms with Crippen LogP contribution in [0, 0.1) is 0 Å². The number of amides is 2. The molecule has 0 aliphatic carbocycles. The molecule has 9 heteroatoms. The van der Waals surface area contributed by atoms with Gasteiger partial charge in [0.1, 0.15) is 12.6 Å². The number of carbonyl (C=O) groups excluding carboxylic acids is 2. The number of pyridine rings is 1. The Labute approximate surface area is 179 Å². The maximum atomic E-state index is 12.8. The van der Waals surface area contributed by atoms with Gasteiger partial charge in [0, 0.05) is 23.9 Å². The number of carbonyl (C=O) groups is 2. The Morgan fingerprint density at radius 2 is 1.48 bits per heavy atom. The van der Waals surface area contributed by atoms with E-state index in [0.29, 0.717) is 21.8 Å². The zero-order valence-corrected chi connectivity index (χ0v) is 17.9. The summed E-state index contributed by atoms with van der Waals surface area (Å²) in [4.78, 5) is 39.7. The highest BCUT2D eigenvalue weighted by atomic mass is 32.2. The van der Waals surface area contributed by atoms with E-state index in [1.165, 1.54) is 4.90 Å². The van der Waals surface area contributed by atoms with Crippen LogP contribution in [0.15, 0.2) is 53.3 Å². The van der Waals surface area contributed by atoms with E-state index in [9.17, 15) is 22.8 Å². The molecule has 0 spiro atoms. The minimum atomic E-state index is -3.09. The van der Waals surface area contributed by atoms with Gasteiger partial charge in [-0.2, -0.15) is 0 Å². The van der Waals surface area contributed by atoms with Crippen molar-refractivity contribution in [3.63, 3.8) is 0 Å². The van der Waals surface area contributed by atoms with Crippen molar-refractivity contribution < 1.29 is 18.0 Å². The Morgan fingerprint density at radius 3 is 2.03 bits per heavy atom. The number of hydrogen-bond acceptors (Lipinski definition) is 5. The van der Waals surface area contributed by atoms with Crippen molar-refractivity contribution in [2.24, 2.45) is 0 Å². The van der Waals surface area contributed by atoms with Crippen LogP contribution in [0.1, 0.15) is 6.92 Å². The van der Waals surface area contributed by atoms with Crippen LogP contribution in [0.25, 0.3) is 21.8 Å². The highest BCUT2D eigenvalue weighted by molar-refractivity contribution is 7.91. The summed E-state index contributed by atoms with van der Waals surface area (Å²) in [5, 5.41) is 3.75. The zero-order chi connectivity index (χ0) is 22.2. The van der Waals surface area contributed by atoms with Crippen LogP contribution < -0.4 is 10.7 Å². The first-order valence-electron chi connectivity index (χ1n) is 10.1. The van der Waals surface area contributed by atoms with Gasteiger partial charge in [-0.3, -0.25) is 14.4 Å². The standard InChI is InChI=1S/C22H23N3O5S/c1-15(22(28)24-10-12-31(29,30)13-11-24)23-20(26)14-25-18-8-4-2-6-16(18)21(27)17-7-3-5-9-19(17)25/h2-9,15H,10-14H2,1H3,(H,23,26). The Kier molecular flexibility index (Phi) is 5.53. The van der Waals surface area contributed by atoms with Gasteiger partial charge in [0.15, 0.2) is 15.3 Å². The number of rotatable bonds is 4. The fourth-order valence-electron chi connectivity index (χ4n) is 3.95. The van der Waals surface area contributed by atoms with Crippen LogP contribution in [0.5, 0.6) is 0 Å². The number of para-hydroxylation sites is 2. The number of fused-ring (bicyclic) bond motifs is 2. The van der Waals surface area contributed by atoms with Crippen molar-refractivity contribution in [1.29, 1.82) is 0 Å². The van der Waals surface area contributed by atoms with Gasteiger partial charge in [0.25, 0.3) is 0 Å². The Balaban J connectivity index is 1.57. The summed E-state index contributed by atoms with van der Waals surface area (Å²) in [6, 6.07) is 13.4. The first-order valence-corrected chi connectivity index (χ1v) is 11.9. The number of sulfone groups is 1. The van der Waals surface area contributed by atoms with Gasteiger partial charge in [-0.1, -0.05) is 24.3 Å². The Hall–Kier alpha value is -3.20. The normalized spacial score (nSPS) is 16.9. The van der Waals surface area contributed by atoms with Gasteiger partial charge in [-0.25, -0.2) is 8.42 Å². The Bertz CT molecular complexity index is 1270. The molecule has 2 aromatic carbocycles. The second-order valence-corrected chi connectivity index (χ2v) is 10.0. The van der Waals surface area contributed by atoms with E-state index in [4.69, 9.17) is 0 Å². The lowest BCUT2D eigenvalue weighted by Crippen LogP contribution is -2.52. The third-order valence-electron chi connectivity index (χ3n) is 5.58. The summed E-state index contributed by atoms with van der Waals surface area (Å²) in [6.45, 7) is 1.80. The highest BCUT2D eigenvalue weighted by Gasteiger charge is 2.28. The number of hydrogen-bond donors (Lipinski definition) is 1. The number of nitrogens with one attached hydrogen (secondary N) is 1. The molecule has 2 heterocycles. The molecule has 0 saturated carbocycles. The SMILES string of the molecule is CC(NC(=O)Cn1c2ccccc2c(=O)c2ccccc21)C(=O)N1CCS(=O)(=O)CC1. The molecule has 1 unspecified atom stereocenters. The lowest BCUT2D eigenvalue weighted by molar-refractivity contribution is -0.135. The van der Waals surface area contributed by atoms with E-state index in [-0.39, 0.29) is 48.4 Å². The molecule has 31 heavy (non-hydrogen) atoms. The molecule has 1 aliphatic heterocycles. The third-order valence-corrected chi connectivity index (χ3v) is 7.19. The van der Waals surface area contributed by atoms with Gasteiger partial charge in [-0.05, 0) is 31.2 Å². The molecule has 1 saturated heterocycles. The van der Waals surface area contributed by atoms with Gasteiger partial charge in [0.05, 0.1) is 22.5 Å². The fraction of sp³-hybridized carbons (Fsp3) is 0.318. The van der Waals surface area contributed by atoms with Crippen LogP contribution in [-0.4, -0.2) is 60.3 Å². The van der Waals surface area contributed by atoms with E-state index < -0.39 is 15.9 Å². The second-order valence-electron chi connectivity index (χ2n) is 7.72. The zero-order valence-electron chi connectivity index (χ0n) is 17.1. The largest absolute Gasteiger partial charge is 0.343 e. The van der Waals surface area contributed by atoms with Gasteiger partial charge < -0.3 is 14.8 Å². The average Bonchev–Trinajstić information content (AvgIpc) is 2.76. The van der Waals surface area contributed by atoms with E-state index in [0.717, 1.165) is 0 Å². The number of nitrogens with zero attached hydrogens (tertiary/aromatic N) is 2. The molecule has 3 aromatic rings. The summed E-state index contributed by atoms with van der Waals surface area (Å²) in [7, 11) is -3.09. The molecule has 0 radical (unpaired) electrons. The molecule has 1 aromatic heterocycles. The van der Waals surface area contributed by atoms with Crippen molar-refractivity contribution in [1.82, 2.24) is 14.8 Å². The number of aromatic nitrogens is 1. The molecular formula is C22H23N3O5S. The molecular weight excluding hydrogens is 418 g/mol. The van der Waals surface area contributed by atoms with Gasteiger partial charge >= 0.3 is 0 Å². The Morgan fingerprint density at radius 1 is 0.968 bits per heavy atom. The van der Waals surface area contributed by atoms with Gasteiger partial charge in [-0.15, -0.1) is 0 Å². The van der Waals surface area contributed by atoms with Crippen LogP contribution in [0.4, 0.5) is 0 Å². The quantitative estimate of drug-likeness (QED) is 0.606. The van der Waals surface area contributed by atoms with E-state index in [2.05, 4.69) is 5.32 Å². The first-order chi connectivity index (χ1) is 14.8. The monoisotopic (exact) mass is 441 g/mol. The topological polar surface area (TPSA) is 106 Å². The molecule has 162 valence electrons. The van der Waals surface area contributed by atoms with E-state index in [1.54, 1.807) is 47.9 Å². The van der Waals surface area contributed by atoms with Crippen LogP contribution in [0.3, 0.4) is 0 Å². The van der Waals surface area contributed by atoms with Crippen molar-refractivity contribution in [3.8, 4) is 0 Å². The number of benzene rings is 2. The molecule has 1 N–H and O–H groups in total. The minimum Gasteiger partial charge on any atom is -0.343 e. The lowest BCUT2D eigenvalue weighted by Gasteiger charge is -2.29. The van der Waals surface area contributed by atoms with Crippen LogP contribution in [0.2, 0.25) is 0 Å². The predicted molar refractivity (Wildman–Crippen MR) is 119 cm³/mol. The molecule has 8 nitrogen and oxygen atoms in total. The van der Waals surface area contributed by atoms with Crippen molar-refractivity contribution in [3.05, 3.63) is 58.8 Å². The summed E-state index contributed by atoms with van der Waals surface area (Å²) in [5.41, 5.74) is 1.19. The first kappa shape index (κ1) is 21.0.